The standard InChI is InChI=1S/C24H24N2O5S/c1-3-16-31-20-11-9-10-19(17-20)25-24(27)18-26(22-14-7-8-15-23(22)30-2)32(28,29)21-12-5-4-6-13-21/h3-15,17H,1,16,18H2,2H3,(H,25,27). The number of carbonyl (C=O) groups is 1. The van der Waals surface area contributed by atoms with Crippen LogP contribution in [0.4, 0.5) is 11.4 Å². The van der Waals surface area contributed by atoms with E-state index in [0.717, 1.165) is 4.31 Å². The molecular formula is C24H24N2O5S. The Kier molecular flexibility index (Phi) is 7.51. The molecule has 0 spiro atoms. The fraction of sp³-hybridized carbons (Fsp3) is 0.125. The van der Waals surface area contributed by atoms with Gasteiger partial charge in [0.25, 0.3) is 10.0 Å². The molecule has 3 rings (SSSR count). The Bertz CT molecular complexity index is 1180. The average molecular weight is 453 g/mol. The highest BCUT2D eigenvalue weighted by atomic mass is 32.2. The predicted molar refractivity (Wildman–Crippen MR) is 125 cm³/mol. The highest BCUT2D eigenvalue weighted by Gasteiger charge is 2.29. The van der Waals surface area contributed by atoms with Gasteiger partial charge in [0.15, 0.2) is 0 Å². The van der Waals surface area contributed by atoms with E-state index >= 15 is 0 Å². The van der Waals surface area contributed by atoms with Crippen molar-refractivity contribution in [2.75, 3.05) is 29.9 Å². The molecule has 0 atom stereocenters. The van der Waals surface area contributed by atoms with Gasteiger partial charge in [-0.3, -0.25) is 9.10 Å². The summed E-state index contributed by atoms with van der Waals surface area (Å²) in [7, 11) is -2.59. The summed E-state index contributed by atoms with van der Waals surface area (Å²) < 4.78 is 38.7. The molecule has 0 aliphatic carbocycles. The van der Waals surface area contributed by atoms with E-state index in [2.05, 4.69) is 11.9 Å². The molecule has 0 saturated heterocycles. The van der Waals surface area contributed by atoms with Crippen LogP contribution in [0.3, 0.4) is 0 Å². The lowest BCUT2D eigenvalue weighted by molar-refractivity contribution is -0.114. The molecular weight excluding hydrogens is 428 g/mol. The highest BCUT2D eigenvalue weighted by molar-refractivity contribution is 7.92. The molecule has 3 aromatic carbocycles. The summed E-state index contributed by atoms with van der Waals surface area (Å²) in [5.41, 5.74) is 0.741. The van der Waals surface area contributed by atoms with Gasteiger partial charge in [-0.1, -0.05) is 49.1 Å². The Morgan fingerprint density at radius 3 is 2.47 bits per heavy atom. The Morgan fingerprint density at radius 1 is 1.03 bits per heavy atom. The van der Waals surface area contributed by atoms with Crippen molar-refractivity contribution in [3.8, 4) is 11.5 Å². The SMILES string of the molecule is C=CCOc1cccc(NC(=O)CN(c2ccccc2OC)S(=O)(=O)c2ccccc2)c1. The van der Waals surface area contributed by atoms with E-state index in [4.69, 9.17) is 9.47 Å². The van der Waals surface area contributed by atoms with Gasteiger partial charge >= 0.3 is 0 Å². The molecule has 8 heteroatoms. The topological polar surface area (TPSA) is 84.9 Å². The molecule has 32 heavy (non-hydrogen) atoms. The zero-order valence-electron chi connectivity index (χ0n) is 17.6. The smallest absolute Gasteiger partial charge is 0.264 e. The van der Waals surface area contributed by atoms with Gasteiger partial charge in [-0.2, -0.15) is 0 Å². The minimum absolute atomic E-state index is 0.0681. The van der Waals surface area contributed by atoms with Crippen molar-refractivity contribution in [1.29, 1.82) is 0 Å². The van der Waals surface area contributed by atoms with Gasteiger partial charge in [0, 0.05) is 11.8 Å². The molecule has 0 unspecified atom stereocenters. The van der Waals surface area contributed by atoms with Crippen molar-refractivity contribution in [1.82, 2.24) is 0 Å². The highest BCUT2D eigenvalue weighted by Crippen LogP contribution is 2.32. The quantitative estimate of drug-likeness (QED) is 0.468. The molecule has 0 radical (unpaired) electrons. The third kappa shape index (κ3) is 5.47. The number of nitrogens with one attached hydrogen (secondary N) is 1. The van der Waals surface area contributed by atoms with Crippen molar-refractivity contribution in [2.45, 2.75) is 4.90 Å². The number of methoxy groups -OCH3 is 1. The molecule has 0 aromatic heterocycles. The maximum Gasteiger partial charge on any atom is 0.264 e. The monoisotopic (exact) mass is 452 g/mol. The van der Waals surface area contributed by atoms with Gasteiger partial charge in [-0.05, 0) is 36.4 Å². The van der Waals surface area contributed by atoms with E-state index in [9.17, 15) is 13.2 Å². The number of benzene rings is 3. The van der Waals surface area contributed by atoms with Crippen LogP contribution in [-0.2, 0) is 14.8 Å². The zero-order chi connectivity index (χ0) is 23.0. The first-order chi connectivity index (χ1) is 15.5. The van der Waals surface area contributed by atoms with Gasteiger partial charge in [-0.25, -0.2) is 8.42 Å². The van der Waals surface area contributed by atoms with E-state index < -0.39 is 22.5 Å². The predicted octanol–water partition coefficient (Wildman–Crippen LogP) is 4.09. The number of hydrogen-bond acceptors (Lipinski definition) is 5. The minimum Gasteiger partial charge on any atom is -0.495 e. The number of nitrogens with zero attached hydrogens (tertiary/aromatic N) is 1. The number of para-hydroxylation sites is 2. The van der Waals surface area contributed by atoms with Crippen molar-refractivity contribution in [3.63, 3.8) is 0 Å². The van der Waals surface area contributed by atoms with Gasteiger partial charge in [0.05, 0.1) is 17.7 Å². The fourth-order valence-electron chi connectivity index (χ4n) is 3.00. The number of sulfonamides is 1. The molecule has 0 heterocycles. The van der Waals surface area contributed by atoms with Crippen LogP contribution < -0.4 is 19.1 Å². The summed E-state index contributed by atoms with van der Waals surface area (Å²) in [6.45, 7) is 3.48. The molecule has 1 amide bonds. The summed E-state index contributed by atoms with van der Waals surface area (Å²) >= 11 is 0. The van der Waals surface area contributed by atoms with Gasteiger partial charge in [0.1, 0.15) is 24.7 Å². The molecule has 0 bridgehead atoms. The molecule has 0 fully saturated rings. The molecule has 166 valence electrons. The lowest BCUT2D eigenvalue weighted by atomic mass is 10.3. The van der Waals surface area contributed by atoms with Crippen LogP contribution >= 0.6 is 0 Å². The van der Waals surface area contributed by atoms with Gasteiger partial charge in [0.2, 0.25) is 5.91 Å². The summed E-state index contributed by atoms with van der Waals surface area (Å²) in [4.78, 5) is 13.0. The van der Waals surface area contributed by atoms with Gasteiger partial charge in [-0.15, -0.1) is 0 Å². The molecule has 3 aromatic rings. The molecule has 0 saturated carbocycles. The van der Waals surface area contributed by atoms with Crippen LogP contribution in [0.5, 0.6) is 11.5 Å². The maximum atomic E-state index is 13.4. The van der Waals surface area contributed by atoms with E-state index in [1.807, 2.05) is 0 Å². The van der Waals surface area contributed by atoms with Crippen molar-refractivity contribution >= 4 is 27.3 Å². The number of anilines is 2. The lowest BCUT2D eigenvalue weighted by Gasteiger charge is -2.25. The number of ether oxygens (including phenoxy) is 2. The second kappa shape index (κ2) is 10.5. The van der Waals surface area contributed by atoms with Crippen LogP contribution in [0.1, 0.15) is 0 Å². The Hall–Kier alpha value is -3.78. The second-order valence-electron chi connectivity index (χ2n) is 6.67. The van der Waals surface area contributed by atoms with E-state index in [1.165, 1.54) is 19.2 Å². The Balaban J connectivity index is 1.91. The number of hydrogen-bond donors (Lipinski definition) is 1. The second-order valence-corrected chi connectivity index (χ2v) is 8.53. The van der Waals surface area contributed by atoms with Crippen LogP contribution in [-0.4, -0.2) is 34.6 Å². The molecule has 7 nitrogen and oxygen atoms in total. The maximum absolute atomic E-state index is 13.4. The number of rotatable bonds is 10. The van der Waals surface area contributed by atoms with Crippen LogP contribution in [0.2, 0.25) is 0 Å². The summed E-state index contributed by atoms with van der Waals surface area (Å²) in [5, 5.41) is 2.73. The van der Waals surface area contributed by atoms with Gasteiger partial charge < -0.3 is 14.8 Å². The van der Waals surface area contributed by atoms with Crippen LogP contribution in [0, 0.1) is 0 Å². The van der Waals surface area contributed by atoms with Crippen LogP contribution in [0.15, 0.2) is 96.4 Å². The first kappa shape index (κ1) is 22.9. The summed E-state index contributed by atoms with van der Waals surface area (Å²) in [6, 6.07) is 21.4. The largest absolute Gasteiger partial charge is 0.495 e. The average Bonchev–Trinajstić information content (AvgIpc) is 2.82. The third-order valence-corrected chi connectivity index (χ3v) is 6.23. The Morgan fingerprint density at radius 2 is 1.75 bits per heavy atom. The van der Waals surface area contributed by atoms with E-state index in [0.29, 0.717) is 23.8 Å². The molecule has 0 aliphatic rings. The number of amides is 1. The normalized spacial score (nSPS) is 10.8. The lowest BCUT2D eigenvalue weighted by Crippen LogP contribution is -2.38. The first-order valence-corrected chi connectivity index (χ1v) is 11.2. The zero-order valence-corrected chi connectivity index (χ0v) is 18.4. The van der Waals surface area contributed by atoms with Crippen LogP contribution in [0.25, 0.3) is 0 Å². The van der Waals surface area contributed by atoms with E-state index in [-0.39, 0.29) is 10.6 Å². The Labute approximate surface area is 188 Å². The number of carbonyl (C=O) groups excluding carboxylic acids is 1. The fourth-order valence-corrected chi connectivity index (χ4v) is 4.46. The van der Waals surface area contributed by atoms with Crippen molar-refractivity contribution < 1.29 is 22.7 Å². The minimum atomic E-state index is -4.04. The summed E-state index contributed by atoms with van der Waals surface area (Å²) in [6.07, 6.45) is 1.62. The summed E-state index contributed by atoms with van der Waals surface area (Å²) in [5.74, 6) is 0.372. The van der Waals surface area contributed by atoms with Crippen molar-refractivity contribution in [3.05, 3.63) is 91.5 Å². The molecule has 1 N–H and O–H groups in total. The van der Waals surface area contributed by atoms with Crippen molar-refractivity contribution in [2.24, 2.45) is 0 Å². The van der Waals surface area contributed by atoms with E-state index in [1.54, 1.807) is 72.8 Å². The molecule has 0 aliphatic heterocycles. The first-order valence-electron chi connectivity index (χ1n) is 9.80. The third-order valence-electron chi connectivity index (χ3n) is 4.46.